The molecule has 0 saturated carbocycles. The van der Waals surface area contributed by atoms with Crippen LogP contribution in [0.2, 0.25) is 0 Å². The van der Waals surface area contributed by atoms with Crippen LogP contribution in [0.25, 0.3) is 10.1 Å². The number of rotatable bonds is 3. The predicted molar refractivity (Wildman–Crippen MR) is 91.6 cm³/mol. The zero-order valence-corrected chi connectivity index (χ0v) is 13.9. The van der Waals surface area contributed by atoms with Crippen LogP contribution in [0.4, 0.5) is 0 Å². The third kappa shape index (κ3) is 2.41. The van der Waals surface area contributed by atoms with Crippen LogP contribution in [0.1, 0.15) is 22.7 Å². The van der Waals surface area contributed by atoms with Crippen molar-refractivity contribution in [1.82, 2.24) is 5.32 Å². The van der Waals surface area contributed by atoms with Crippen LogP contribution in [0.3, 0.4) is 0 Å². The number of hydrogen-bond donors (Lipinski definition) is 1. The van der Waals surface area contributed by atoms with E-state index in [0.29, 0.717) is 0 Å². The molecule has 20 heavy (non-hydrogen) atoms. The molecule has 1 nitrogen and oxygen atoms in total. The second kappa shape index (κ2) is 5.68. The molecular formula is C17H16BrNS. The number of aryl methyl sites for hydroxylation is 1. The predicted octanol–water partition coefficient (Wildman–Crippen LogP) is 5.28. The molecule has 3 heteroatoms. The summed E-state index contributed by atoms with van der Waals surface area (Å²) in [4.78, 5) is 0. The first kappa shape index (κ1) is 13.8. The summed E-state index contributed by atoms with van der Waals surface area (Å²) in [5.74, 6) is 0. The molecule has 0 saturated heterocycles. The topological polar surface area (TPSA) is 12.0 Å². The first-order valence-electron chi connectivity index (χ1n) is 6.60. The first-order valence-corrected chi connectivity index (χ1v) is 8.27. The normalized spacial score (nSPS) is 12.8. The van der Waals surface area contributed by atoms with E-state index < -0.39 is 0 Å². The highest BCUT2D eigenvalue weighted by Gasteiger charge is 2.16. The van der Waals surface area contributed by atoms with Crippen molar-refractivity contribution in [2.24, 2.45) is 0 Å². The van der Waals surface area contributed by atoms with Gasteiger partial charge in [0.15, 0.2) is 0 Å². The van der Waals surface area contributed by atoms with Gasteiger partial charge in [0.25, 0.3) is 0 Å². The Morgan fingerprint density at radius 2 is 2.00 bits per heavy atom. The standard InChI is InChI=1S/C17H16BrNS/c1-11-10-13(6-7-15(11)18)16(19-2)14-5-3-4-12-8-9-20-17(12)14/h3-10,16,19H,1-2H3. The molecule has 1 heterocycles. The minimum Gasteiger partial charge on any atom is -0.309 e. The van der Waals surface area contributed by atoms with Crippen LogP contribution in [-0.2, 0) is 0 Å². The van der Waals surface area contributed by atoms with Gasteiger partial charge in [0.1, 0.15) is 0 Å². The summed E-state index contributed by atoms with van der Waals surface area (Å²) in [7, 11) is 2.02. The molecule has 102 valence electrons. The van der Waals surface area contributed by atoms with Gasteiger partial charge in [0, 0.05) is 9.17 Å². The highest BCUT2D eigenvalue weighted by molar-refractivity contribution is 9.10. The van der Waals surface area contributed by atoms with Gasteiger partial charge in [-0.1, -0.05) is 46.3 Å². The Kier molecular flexibility index (Phi) is 3.92. The van der Waals surface area contributed by atoms with E-state index in [4.69, 9.17) is 0 Å². The third-order valence-corrected chi connectivity index (χ3v) is 5.49. The van der Waals surface area contributed by atoms with E-state index in [9.17, 15) is 0 Å². The SMILES string of the molecule is CNC(c1ccc(Br)c(C)c1)c1cccc2ccsc12. The van der Waals surface area contributed by atoms with E-state index in [1.54, 1.807) is 0 Å². The van der Waals surface area contributed by atoms with Crippen molar-refractivity contribution in [2.75, 3.05) is 7.05 Å². The van der Waals surface area contributed by atoms with Crippen LogP contribution >= 0.6 is 27.3 Å². The molecule has 1 atom stereocenters. The van der Waals surface area contributed by atoms with Gasteiger partial charge in [-0.15, -0.1) is 11.3 Å². The molecular weight excluding hydrogens is 330 g/mol. The zero-order valence-electron chi connectivity index (χ0n) is 11.5. The van der Waals surface area contributed by atoms with E-state index in [1.165, 1.54) is 26.8 Å². The maximum absolute atomic E-state index is 3.57. The molecule has 0 radical (unpaired) electrons. The Bertz CT molecular complexity index is 748. The molecule has 1 N–H and O–H groups in total. The average Bonchev–Trinajstić information content (AvgIpc) is 2.93. The van der Waals surface area contributed by atoms with Crippen molar-refractivity contribution in [2.45, 2.75) is 13.0 Å². The number of benzene rings is 2. The molecule has 3 rings (SSSR count). The molecule has 0 fully saturated rings. The van der Waals surface area contributed by atoms with Crippen molar-refractivity contribution < 1.29 is 0 Å². The molecule has 1 unspecified atom stereocenters. The Labute approximate surface area is 131 Å². The van der Waals surface area contributed by atoms with E-state index in [2.05, 4.69) is 76.0 Å². The van der Waals surface area contributed by atoms with Gasteiger partial charge in [-0.3, -0.25) is 0 Å². The van der Waals surface area contributed by atoms with Crippen molar-refractivity contribution in [3.8, 4) is 0 Å². The highest BCUT2D eigenvalue weighted by Crippen LogP contribution is 2.33. The van der Waals surface area contributed by atoms with Gasteiger partial charge in [0.05, 0.1) is 6.04 Å². The van der Waals surface area contributed by atoms with Gasteiger partial charge in [-0.2, -0.15) is 0 Å². The Morgan fingerprint density at radius 1 is 1.15 bits per heavy atom. The van der Waals surface area contributed by atoms with Crippen LogP contribution in [0.15, 0.2) is 52.3 Å². The van der Waals surface area contributed by atoms with Gasteiger partial charge in [0.2, 0.25) is 0 Å². The van der Waals surface area contributed by atoms with Gasteiger partial charge < -0.3 is 5.32 Å². The van der Waals surface area contributed by atoms with E-state index >= 15 is 0 Å². The Morgan fingerprint density at radius 3 is 2.75 bits per heavy atom. The molecule has 1 aromatic heterocycles. The summed E-state index contributed by atoms with van der Waals surface area (Å²) in [5, 5.41) is 6.94. The number of hydrogen-bond acceptors (Lipinski definition) is 2. The van der Waals surface area contributed by atoms with E-state index in [0.717, 1.165) is 4.47 Å². The maximum atomic E-state index is 3.57. The van der Waals surface area contributed by atoms with Crippen molar-refractivity contribution >= 4 is 37.4 Å². The molecule has 0 amide bonds. The van der Waals surface area contributed by atoms with Gasteiger partial charge in [-0.05, 0) is 53.6 Å². The fraction of sp³-hybridized carbons (Fsp3) is 0.176. The lowest BCUT2D eigenvalue weighted by Crippen LogP contribution is -2.17. The lowest BCUT2D eigenvalue weighted by molar-refractivity contribution is 0.697. The molecule has 2 aromatic carbocycles. The van der Waals surface area contributed by atoms with Crippen LogP contribution in [0, 0.1) is 6.92 Å². The first-order chi connectivity index (χ1) is 9.70. The smallest absolute Gasteiger partial charge is 0.0588 e. The second-order valence-electron chi connectivity index (χ2n) is 4.92. The minimum atomic E-state index is 0.226. The van der Waals surface area contributed by atoms with Gasteiger partial charge >= 0.3 is 0 Å². The van der Waals surface area contributed by atoms with Crippen molar-refractivity contribution in [3.63, 3.8) is 0 Å². The average molecular weight is 346 g/mol. The van der Waals surface area contributed by atoms with Crippen molar-refractivity contribution in [1.29, 1.82) is 0 Å². The lowest BCUT2D eigenvalue weighted by atomic mass is 9.96. The van der Waals surface area contributed by atoms with Crippen LogP contribution in [-0.4, -0.2) is 7.05 Å². The summed E-state index contributed by atoms with van der Waals surface area (Å²) < 4.78 is 2.53. The summed E-state index contributed by atoms with van der Waals surface area (Å²) >= 11 is 5.38. The number of fused-ring (bicyclic) bond motifs is 1. The molecule has 0 spiro atoms. The summed E-state index contributed by atoms with van der Waals surface area (Å²) in [6, 6.07) is 15.5. The van der Waals surface area contributed by atoms with Crippen molar-refractivity contribution in [3.05, 3.63) is 69.0 Å². The largest absolute Gasteiger partial charge is 0.309 e. The number of thiophene rings is 1. The fourth-order valence-corrected chi connectivity index (χ4v) is 3.78. The monoisotopic (exact) mass is 345 g/mol. The molecule has 0 aliphatic rings. The number of nitrogens with one attached hydrogen (secondary N) is 1. The van der Waals surface area contributed by atoms with E-state index in [1.807, 2.05) is 18.4 Å². The summed E-state index contributed by atoms with van der Waals surface area (Å²) in [5.41, 5.74) is 3.91. The quantitative estimate of drug-likeness (QED) is 0.680. The zero-order chi connectivity index (χ0) is 14.1. The molecule has 0 aliphatic carbocycles. The summed E-state index contributed by atoms with van der Waals surface area (Å²) in [6.45, 7) is 2.13. The van der Waals surface area contributed by atoms with Crippen LogP contribution < -0.4 is 5.32 Å². The fourth-order valence-electron chi connectivity index (χ4n) is 2.59. The number of halogens is 1. The Hall–Kier alpha value is -1.16. The lowest BCUT2D eigenvalue weighted by Gasteiger charge is -2.19. The second-order valence-corrected chi connectivity index (χ2v) is 6.69. The molecule has 0 aliphatic heterocycles. The van der Waals surface area contributed by atoms with E-state index in [-0.39, 0.29) is 6.04 Å². The summed E-state index contributed by atoms with van der Waals surface area (Å²) in [6.07, 6.45) is 0. The van der Waals surface area contributed by atoms with Gasteiger partial charge in [-0.25, -0.2) is 0 Å². The molecule has 3 aromatic rings. The Balaban J connectivity index is 2.13. The minimum absolute atomic E-state index is 0.226. The maximum Gasteiger partial charge on any atom is 0.0588 e. The third-order valence-electron chi connectivity index (χ3n) is 3.62. The highest BCUT2D eigenvalue weighted by atomic mass is 79.9. The van der Waals surface area contributed by atoms with Crippen LogP contribution in [0.5, 0.6) is 0 Å². The molecule has 0 bridgehead atoms.